The van der Waals surface area contributed by atoms with E-state index in [2.05, 4.69) is 4.98 Å². The average molecular weight is 335 g/mol. The van der Waals surface area contributed by atoms with Gasteiger partial charge in [0.1, 0.15) is 11.1 Å². The number of hydrogen-bond donors (Lipinski definition) is 0. The van der Waals surface area contributed by atoms with Crippen molar-refractivity contribution in [2.24, 2.45) is 5.92 Å². The summed E-state index contributed by atoms with van der Waals surface area (Å²) in [5, 5.41) is -0.172. The zero-order valence-electron chi connectivity index (χ0n) is 11.5. The predicted octanol–water partition coefficient (Wildman–Crippen LogP) is 3.14. The second-order valence-corrected chi connectivity index (χ2v) is 6.12. The minimum Gasteiger partial charge on any atom is -0.471 e. The van der Waals surface area contributed by atoms with Gasteiger partial charge in [0.2, 0.25) is 12.3 Å². The minimum atomic E-state index is -4.49. The Balaban J connectivity index is 1.77. The highest BCUT2D eigenvalue weighted by molar-refractivity contribution is 6.31. The van der Waals surface area contributed by atoms with Gasteiger partial charge in [0, 0.05) is 12.7 Å². The van der Waals surface area contributed by atoms with Crippen LogP contribution in [-0.2, 0) is 11.0 Å². The quantitative estimate of drug-likeness (QED) is 0.798. The van der Waals surface area contributed by atoms with Crippen molar-refractivity contribution >= 4 is 18.0 Å². The Bertz CT molecular complexity index is 582. The molecule has 4 rings (SSSR count). The number of nitrogens with zero attached hydrogens (tertiary/aromatic N) is 2. The normalized spacial score (nSPS) is 27.8. The van der Waals surface area contributed by atoms with Crippen molar-refractivity contribution < 1.29 is 22.7 Å². The fraction of sp³-hybridized carbons (Fsp3) is 0.571. The van der Waals surface area contributed by atoms with Crippen molar-refractivity contribution in [2.75, 3.05) is 6.54 Å². The van der Waals surface area contributed by atoms with Crippen LogP contribution in [0.2, 0.25) is 5.02 Å². The Hall–Kier alpha value is -1.50. The third kappa shape index (κ3) is 2.86. The molecule has 3 aliphatic rings. The number of ether oxygens (including phenoxy) is 1. The van der Waals surface area contributed by atoms with Crippen LogP contribution in [0, 0.1) is 5.92 Å². The fourth-order valence-electron chi connectivity index (χ4n) is 3.23. The first-order chi connectivity index (χ1) is 10.4. The molecule has 0 N–H and O–H groups in total. The van der Waals surface area contributed by atoms with Crippen LogP contribution >= 0.6 is 11.6 Å². The zero-order chi connectivity index (χ0) is 15.9. The largest absolute Gasteiger partial charge is 0.471 e. The van der Waals surface area contributed by atoms with Crippen molar-refractivity contribution in [1.82, 2.24) is 9.88 Å². The van der Waals surface area contributed by atoms with Crippen LogP contribution in [-0.4, -0.2) is 35.0 Å². The van der Waals surface area contributed by atoms with Gasteiger partial charge in [0.05, 0.1) is 11.6 Å². The molecule has 1 aromatic heterocycles. The summed E-state index contributed by atoms with van der Waals surface area (Å²) < 4.78 is 43.5. The van der Waals surface area contributed by atoms with Gasteiger partial charge in [0.25, 0.3) is 0 Å². The summed E-state index contributed by atoms with van der Waals surface area (Å²) in [5.74, 6) is 0.339. The maximum absolute atomic E-state index is 12.6. The van der Waals surface area contributed by atoms with Crippen LogP contribution in [0.4, 0.5) is 13.2 Å². The van der Waals surface area contributed by atoms with Crippen LogP contribution < -0.4 is 4.74 Å². The molecule has 2 saturated heterocycles. The molecule has 1 aromatic rings. The number of alkyl halides is 3. The number of carbonyl (C=O) groups is 1. The Labute approximate surface area is 130 Å². The molecule has 8 heteroatoms. The molecule has 120 valence electrons. The number of hydrogen-bond acceptors (Lipinski definition) is 3. The lowest BCUT2D eigenvalue weighted by atomic mass is 9.78. The Kier molecular flexibility index (Phi) is 3.92. The molecule has 2 aliphatic heterocycles. The van der Waals surface area contributed by atoms with E-state index in [4.69, 9.17) is 16.3 Å². The molecule has 2 bridgehead atoms. The Morgan fingerprint density at radius 1 is 1.41 bits per heavy atom. The van der Waals surface area contributed by atoms with Crippen LogP contribution in [0.15, 0.2) is 12.3 Å². The second-order valence-electron chi connectivity index (χ2n) is 5.71. The van der Waals surface area contributed by atoms with Gasteiger partial charge in [-0.2, -0.15) is 13.2 Å². The standard InChI is InChI=1S/C14H14ClF3N2O2/c15-10-4-9(14(16,17)18)5-19-13(10)22-12-3-8-1-2-11(12)20(6-8)7-21/h4-5,7-8,11-12H,1-3,6H2/t8-,11+,12-/m1/s1. The number of carbonyl (C=O) groups excluding carboxylic acids is 1. The van der Waals surface area contributed by atoms with Gasteiger partial charge in [-0.15, -0.1) is 0 Å². The van der Waals surface area contributed by atoms with E-state index in [0.29, 0.717) is 18.7 Å². The van der Waals surface area contributed by atoms with Crippen molar-refractivity contribution in [3.05, 3.63) is 22.8 Å². The van der Waals surface area contributed by atoms with Gasteiger partial charge in [-0.05, 0) is 31.2 Å². The summed E-state index contributed by atoms with van der Waals surface area (Å²) in [6.07, 6.45) is -0.649. The molecule has 3 heterocycles. The van der Waals surface area contributed by atoms with Crippen LogP contribution in [0.5, 0.6) is 5.88 Å². The molecule has 1 aliphatic carbocycles. The van der Waals surface area contributed by atoms with Crippen molar-refractivity contribution in [2.45, 2.75) is 37.6 Å². The van der Waals surface area contributed by atoms with E-state index in [-0.39, 0.29) is 23.0 Å². The number of pyridine rings is 1. The van der Waals surface area contributed by atoms with Gasteiger partial charge < -0.3 is 9.64 Å². The molecule has 4 nitrogen and oxygen atoms in total. The van der Waals surface area contributed by atoms with Crippen LogP contribution in [0.1, 0.15) is 24.8 Å². The molecule has 0 radical (unpaired) electrons. The Morgan fingerprint density at radius 3 is 2.77 bits per heavy atom. The van der Waals surface area contributed by atoms with Crippen molar-refractivity contribution in [1.29, 1.82) is 0 Å². The van der Waals surface area contributed by atoms with Gasteiger partial charge in [0.15, 0.2) is 0 Å². The highest BCUT2D eigenvalue weighted by Gasteiger charge is 2.42. The highest BCUT2D eigenvalue weighted by Crippen LogP contribution is 2.38. The number of halogens is 4. The lowest BCUT2D eigenvalue weighted by Gasteiger charge is -2.47. The lowest BCUT2D eigenvalue weighted by Crippen LogP contribution is -2.56. The molecule has 0 unspecified atom stereocenters. The van der Waals surface area contributed by atoms with Gasteiger partial charge in [-0.3, -0.25) is 4.79 Å². The first-order valence-electron chi connectivity index (χ1n) is 6.99. The highest BCUT2D eigenvalue weighted by atomic mass is 35.5. The van der Waals surface area contributed by atoms with E-state index in [9.17, 15) is 18.0 Å². The molecule has 0 aromatic carbocycles. The van der Waals surface area contributed by atoms with Gasteiger partial charge >= 0.3 is 6.18 Å². The number of rotatable bonds is 3. The Morgan fingerprint density at radius 2 is 2.18 bits per heavy atom. The third-order valence-electron chi connectivity index (χ3n) is 4.29. The number of fused-ring (bicyclic) bond motifs is 3. The summed E-state index contributed by atoms with van der Waals surface area (Å²) >= 11 is 5.86. The summed E-state index contributed by atoms with van der Waals surface area (Å²) in [6.45, 7) is 0.711. The molecule has 3 atom stereocenters. The first kappa shape index (κ1) is 15.4. The number of aromatic nitrogens is 1. The zero-order valence-corrected chi connectivity index (χ0v) is 12.3. The average Bonchev–Trinajstić information content (AvgIpc) is 2.48. The smallest absolute Gasteiger partial charge is 0.417 e. The first-order valence-corrected chi connectivity index (χ1v) is 7.36. The molecule has 0 spiro atoms. The van der Waals surface area contributed by atoms with Crippen molar-refractivity contribution in [3.8, 4) is 5.88 Å². The molecule has 1 saturated carbocycles. The van der Waals surface area contributed by atoms with E-state index in [0.717, 1.165) is 31.7 Å². The number of piperidine rings is 2. The summed E-state index contributed by atoms with van der Waals surface area (Å²) in [4.78, 5) is 16.5. The molecular formula is C14H14ClF3N2O2. The number of amides is 1. The maximum atomic E-state index is 12.6. The SMILES string of the molecule is O=CN1C[C@@H]2CC[C@H]1[C@H](Oc1ncc(C(F)(F)F)cc1Cl)C2. The second kappa shape index (κ2) is 5.61. The summed E-state index contributed by atoms with van der Waals surface area (Å²) in [5.41, 5.74) is -0.912. The predicted molar refractivity (Wildman–Crippen MR) is 72.6 cm³/mol. The van der Waals surface area contributed by atoms with E-state index >= 15 is 0 Å². The van der Waals surface area contributed by atoms with Gasteiger partial charge in [-0.1, -0.05) is 11.6 Å². The lowest BCUT2D eigenvalue weighted by molar-refractivity contribution is -0.138. The molecular weight excluding hydrogens is 321 g/mol. The molecule has 3 fully saturated rings. The maximum Gasteiger partial charge on any atom is 0.417 e. The van der Waals surface area contributed by atoms with Crippen molar-refractivity contribution in [3.63, 3.8) is 0 Å². The van der Waals surface area contributed by atoms with Crippen LogP contribution in [0.3, 0.4) is 0 Å². The summed E-state index contributed by atoms with van der Waals surface area (Å²) in [6, 6.07) is 0.741. The summed E-state index contributed by atoms with van der Waals surface area (Å²) in [7, 11) is 0. The van der Waals surface area contributed by atoms with Crippen LogP contribution in [0.25, 0.3) is 0 Å². The minimum absolute atomic E-state index is 0.0157. The third-order valence-corrected chi connectivity index (χ3v) is 4.56. The molecule has 1 amide bonds. The van der Waals surface area contributed by atoms with E-state index in [1.165, 1.54) is 0 Å². The van der Waals surface area contributed by atoms with E-state index in [1.807, 2.05) is 0 Å². The topological polar surface area (TPSA) is 42.4 Å². The fourth-order valence-corrected chi connectivity index (χ4v) is 3.44. The van der Waals surface area contributed by atoms with Gasteiger partial charge in [-0.25, -0.2) is 4.98 Å². The van der Waals surface area contributed by atoms with E-state index < -0.39 is 11.7 Å². The molecule has 22 heavy (non-hydrogen) atoms. The van der Waals surface area contributed by atoms with E-state index in [1.54, 1.807) is 4.90 Å². The monoisotopic (exact) mass is 334 g/mol.